The quantitative estimate of drug-likeness (QED) is 0.324. The van der Waals surface area contributed by atoms with Crippen LogP contribution in [0, 0.1) is 22.5 Å². The summed E-state index contributed by atoms with van der Waals surface area (Å²) in [5, 5.41) is 15.3. The SMILES string of the molecule is C#CCNC(=O)COC(=O)c1ccccc1NC(=O)c1ccc([N+](=O)[O-])o1. The van der Waals surface area contributed by atoms with E-state index < -0.39 is 35.2 Å². The molecule has 0 aliphatic heterocycles. The topological polar surface area (TPSA) is 141 Å². The summed E-state index contributed by atoms with van der Waals surface area (Å²) in [6.07, 6.45) is 5.00. The number of carbonyl (C=O) groups excluding carboxylic acids is 3. The zero-order valence-electron chi connectivity index (χ0n) is 13.8. The van der Waals surface area contributed by atoms with E-state index in [4.69, 9.17) is 15.6 Å². The number of nitro groups is 1. The number of benzene rings is 1. The van der Waals surface area contributed by atoms with Crippen LogP contribution in [0.4, 0.5) is 11.6 Å². The Kier molecular flexibility index (Phi) is 6.27. The van der Waals surface area contributed by atoms with Crippen LogP contribution in [0.2, 0.25) is 0 Å². The third-order valence-electron chi connectivity index (χ3n) is 3.11. The number of nitrogens with one attached hydrogen (secondary N) is 2. The van der Waals surface area contributed by atoms with Crippen LogP contribution in [0.3, 0.4) is 0 Å². The van der Waals surface area contributed by atoms with Crippen molar-refractivity contribution in [2.75, 3.05) is 18.5 Å². The minimum atomic E-state index is -0.854. The second-order valence-corrected chi connectivity index (χ2v) is 4.95. The Morgan fingerprint density at radius 3 is 2.63 bits per heavy atom. The van der Waals surface area contributed by atoms with Gasteiger partial charge in [-0.1, -0.05) is 18.1 Å². The molecule has 0 aliphatic carbocycles. The third-order valence-corrected chi connectivity index (χ3v) is 3.11. The summed E-state index contributed by atoms with van der Waals surface area (Å²) in [7, 11) is 0. The van der Waals surface area contributed by atoms with Gasteiger partial charge in [-0.15, -0.1) is 6.42 Å². The molecule has 1 aromatic heterocycles. The Morgan fingerprint density at radius 1 is 1.22 bits per heavy atom. The molecule has 10 heteroatoms. The summed E-state index contributed by atoms with van der Waals surface area (Å²) in [6.45, 7) is -0.550. The molecule has 2 N–H and O–H groups in total. The van der Waals surface area contributed by atoms with Gasteiger partial charge in [0.1, 0.15) is 4.92 Å². The molecule has 0 atom stereocenters. The standard InChI is InChI=1S/C17H13N3O7/c1-2-9-18-14(21)10-26-17(23)11-5-3-4-6-12(11)19-16(22)13-7-8-15(27-13)20(24)25/h1,3-8H,9-10H2,(H,18,21)(H,19,22). The summed E-state index contributed by atoms with van der Waals surface area (Å²) in [6, 6.07) is 8.04. The van der Waals surface area contributed by atoms with E-state index >= 15 is 0 Å². The lowest BCUT2D eigenvalue weighted by molar-refractivity contribution is -0.402. The lowest BCUT2D eigenvalue weighted by Gasteiger charge is -2.10. The highest BCUT2D eigenvalue weighted by molar-refractivity contribution is 6.07. The average molecular weight is 371 g/mol. The highest BCUT2D eigenvalue weighted by Crippen LogP contribution is 2.20. The van der Waals surface area contributed by atoms with Gasteiger partial charge >= 0.3 is 11.9 Å². The summed E-state index contributed by atoms with van der Waals surface area (Å²) < 4.78 is 9.67. The molecule has 0 saturated carbocycles. The van der Waals surface area contributed by atoms with Gasteiger partial charge in [-0.3, -0.25) is 19.7 Å². The molecule has 27 heavy (non-hydrogen) atoms. The van der Waals surface area contributed by atoms with Crippen molar-refractivity contribution in [1.29, 1.82) is 0 Å². The molecular weight excluding hydrogens is 358 g/mol. The molecule has 2 aromatic rings. The highest BCUT2D eigenvalue weighted by atomic mass is 16.6. The van der Waals surface area contributed by atoms with Crippen LogP contribution in [-0.4, -0.2) is 35.9 Å². The molecule has 0 radical (unpaired) electrons. The number of carbonyl (C=O) groups is 3. The van der Waals surface area contributed by atoms with Crippen molar-refractivity contribution < 1.29 is 28.5 Å². The van der Waals surface area contributed by atoms with Crippen LogP contribution in [0.1, 0.15) is 20.9 Å². The van der Waals surface area contributed by atoms with Crippen molar-refractivity contribution in [2.24, 2.45) is 0 Å². The first kappa shape index (κ1) is 19.2. The molecule has 2 amide bonds. The number of rotatable bonds is 7. The highest BCUT2D eigenvalue weighted by Gasteiger charge is 2.20. The van der Waals surface area contributed by atoms with Crippen molar-refractivity contribution in [3.05, 3.63) is 57.8 Å². The molecule has 1 aromatic carbocycles. The minimum Gasteiger partial charge on any atom is -0.452 e. The molecule has 0 fully saturated rings. The van der Waals surface area contributed by atoms with E-state index in [-0.39, 0.29) is 23.6 Å². The fourth-order valence-electron chi connectivity index (χ4n) is 1.91. The number of hydrogen-bond acceptors (Lipinski definition) is 7. The number of para-hydroxylation sites is 1. The molecule has 0 unspecified atom stereocenters. The third kappa shape index (κ3) is 5.17. The maximum Gasteiger partial charge on any atom is 0.433 e. The van der Waals surface area contributed by atoms with Gasteiger partial charge in [0, 0.05) is 0 Å². The number of ether oxygens (including phenoxy) is 1. The molecule has 10 nitrogen and oxygen atoms in total. The van der Waals surface area contributed by atoms with Crippen molar-refractivity contribution in [2.45, 2.75) is 0 Å². The van der Waals surface area contributed by atoms with Crippen LogP contribution in [0.5, 0.6) is 0 Å². The predicted molar refractivity (Wildman–Crippen MR) is 91.9 cm³/mol. The molecule has 0 aliphatic rings. The smallest absolute Gasteiger partial charge is 0.433 e. The number of amides is 2. The first-order valence-corrected chi connectivity index (χ1v) is 7.44. The van der Waals surface area contributed by atoms with Gasteiger partial charge in [0.2, 0.25) is 0 Å². The molecule has 0 saturated heterocycles. The van der Waals surface area contributed by atoms with Crippen LogP contribution < -0.4 is 10.6 Å². The van der Waals surface area contributed by atoms with Gasteiger partial charge in [0.15, 0.2) is 12.4 Å². The normalized spacial score (nSPS) is 9.74. The van der Waals surface area contributed by atoms with E-state index in [0.717, 1.165) is 12.1 Å². The number of furan rings is 1. The largest absolute Gasteiger partial charge is 0.452 e. The van der Waals surface area contributed by atoms with E-state index in [1.54, 1.807) is 6.07 Å². The average Bonchev–Trinajstić information content (AvgIpc) is 3.15. The van der Waals surface area contributed by atoms with Crippen LogP contribution in [-0.2, 0) is 9.53 Å². The van der Waals surface area contributed by atoms with E-state index in [0.29, 0.717) is 0 Å². The predicted octanol–water partition coefficient (Wildman–Crippen LogP) is 1.35. The maximum absolute atomic E-state index is 12.1. The second kappa shape index (κ2) is 8.82. The van der Waals surface area contributed by atoms with Crippen LogP contribution in [0.15, 0.2) is 40.8 Å². The van der Waals surface area contributed by atoms with Gasteiger partial charge < -0.3 is 19.8 Å². The van der Waals surface area contributed by atoms with Crippen molar-refractivity contribution in [1.82, 2.24) is 5.32 Å². The summed E-state index contributed by atoms with van der Waals surface area (Å²) in [5.41, 5.74) is 0.0623. The summed E-state index contributed by atoms with van der Waals surface area (Å²) >= 11 is 0. The lowest BCUT2D eigenvalue weighted by atomic mass is 10.1. The number of nitrogens with zero attached hydrogens (tertiary/aromatic N) is 1. The molecule has 138 valence electrons. The van der Waals surface area contributed by atoms with Crippen LogP contribution >= 0.6 is 0 Å². The molecule has 0 spiro atoms. The van der Waals surface area contributed by atoms with Crippen molar-refractivity contribution in [3.63, 3.8) is 0 Å². The Morgan fingerprint density at radius 2 is 1.96 bits per heavy atom. The minimum absolute atomic E-state index is 0.00167. The lowest BCUT2D eigenvalue weighted by Crippen LogP contribution is -2.29. The van der Waals surface area contributed by atoms with E-state index in [9.17, 15) is 24.5 Å². The van der Waals surface area contributed by atoms with Crippen molar-refractivity contribution >= 4 is 29.4 Å². The fraction of sp³-hybridized carbons (Fsp3) is 0.118. The molecule has 2 rings (SSSR count). The maximum atomic E-state index is 12.1. The zero-order chi connectivity index (χ0) is 19.8. The Labute approximate surface area is 152 Å². The molecule has 1 heterocycles. The Balaban J connectivity index is 2.07. The van der Waals surface area contributed by atoms with Gasteiger partial charge in [-0.05, 0) is 18.2 Å². The van der Waals surface area contributed by atoms with Gasteiger partial charge in [-0.2, -0.15) is 0 Å². The van der Waals surface area contributed by atoms with Gasteiger partial charge in [-0.25, -0.2) is 4.79 Å². The number of hydrogen-bond donors (Lipinski definition) is 2. The number of esters is 1. The Bertz CT molecular complexity index is 927. The van der Waals surface area contributed by atoms with E-state index in [2.05, 4.69) is 16.6 Å². The second-order valence-electron chi connectivity index (χ2n) is 4.95. The van der Waals surface area contributed by atoms with Crippen LogP contribution in [0.25, 0.3) is 0 Å². The summed E-state index contributed by atoms with van der Waals surface area (Å²) in [5.74, 6) is -0.925. The van der Waals surface area contributed by atoms with E-state index in [1.165, 1.54) is 18.2 Å². The fourth-order valence-corrected chi connectivity index (χ4v) is 1.91. The first-order valence-electron chi connectivity index (χ1n) is 7.44. The first-order chi connectivity index (χ1) is 12.9. The molecule has 0 bridgehead atoms. The molecular formula is C17H13N3O7. The van der Waals surface area contributed by atoms with Gasteiger partial charge in [0.25, 0.3) is 11.8 Å². The van der Waals surface area contributed by atoms with Crippen molar-refractivity contribution in [3.8, 4) is 12.3 Å². The number of anilines is 1. The number of terminal acetylenes is 1. The summed E-state index contributed by atoms with van der Waals surface area (Å²) in [4.78, 5) is 45.5. The monoisotopic (exact) mass is 371 g/mol. The van der Waals surface area contributed by atoms with Gasteiger partial charge in [0.05, 0.1) is 23.9 Å². The van der Waals surface area contributed by atoms with E-state index in [1.807, 2.05) is 0 Å². The Hall–Kier alpha value is -4.13. The zero-order valence-corrected chi connectivity index (χ0v) is 13.8.